The Labute approximate surface area is 152 Å². The van der Waals surface area contributed by atoms with E-state index in [1.54, 1.807) is 6.92 Å². The molecule has 136 valence electrons. The van der Waals surface area contributed by atoms with Gasteiger partial charge in [-0.1, -0.05) is 30.3 Å². The predicted molar refractivity (Wildman–Crippen MR) is 94.5 cm³/mol. The molecule has 0 saturated heterocycles. The number of hydrogen-bond donors (Lipinski definition) is 1. The Morgan fingerprint density at radius 2 is 1.70 bits per heavy atom. The molecular weight excluding hydrogens is 355 g/mol. The number of aromatic nitrogens is 4. The van der Waals surface area contributed by atoms with Gasteiger partial charge in [-0.3, -0.25) is 0 Å². The van der Waals surface area contributed by atoms with Crippen molar-refractivity contribution in [2.45, 2.75) is 13.3 Å². The van der Waals surface area contributed by atoms with E-state index in [1.807, 2.05) is 30.3 Å². The first-order valence-corrected chi connectivity index (χ1v) is 8.15. The lowest BCUT2D eigenvalue weighted by molar-refractivity contribution is 0.448. The Hall–Kier alpha value is -3.42. The number of hydrogen-bond acceptors (Lipinski definition) is 4. The summed E-state index contributed by atoms with van der Waals surface area (Å²) in [5.74, 6) is -3.62. The minimum absolute atomic E-state index is 0.0199. The highest BCUT2D eigenvalue weighted by molar-refractivity contribution is 5.70. The molecule has 0 saturated carbocycles. The minimum atomic E-state index is -1.56. The standard InChI is InChI=1S/C19H14F3N5/c1-10-17(12-7-8-13(20)16(22)15(12)21)25-18(23)19-24-14(26-27(10)19)9-11-5-3-2-4-6-11/h2-8H,9H2,1H3,(H2,23,25). The van der Waals surface area contributed by atoms with Crippen molar-refractivity contribution < 1.29 is 13.2 Å². The molecule has 27 heavy (non-hydrogen) atoms. The number of nitrogens with two attached hydrogens (primary N) is 1. The maximum atomic E-state index is 14.2. The molecule has 2 heterocycles. The number of nitrogens with zero attached hydrogens (tertiary/aromatic N) is 4. The molecular formula is C19H14F3N5. The van der Waals surface area contributed by atoms with Gasteiger partial charge in [0.2, 0.25) is 0 Å². The smallest absolute Gasteiger partial charge is 0.198 e. The fourth-order valence-electron chi connectivity index (χ4n) is 2.92. The Balaban J connectivity index is 1.85. The molecule has 2 aromatic heterocycles. The summed E-state index contributed by atoms with van der Waals surface area (Å²) < 4.78 is 42.5. The Kier molecular flexibility index (Phi) is 4.02. The number of anilines is 1. The van der Waals surface area contributed by atoms with Crippen LogP contribution in [0.1, 0.15) is 17.1 Å². The fraction of sp³-hybridized carbons (Fsp3) is 0.105. The van der Waals surface area contributed by atoms with Crippen molar-refractivity contribution in [3.8, 4) is 11.3 Å². The molecule has 2 aromatic carbocycles. The van der Waals surface area contributed by atoms with Gasteiger partial charge in [0.05, 0.1) is 11.4 Å². The van der Waals surface area contributed by atoms with E-state index < -0.39 is 17.5 Å². The van der Waals surface area contributed by atoms with Crippen LogP contribution in [0, 0.1) is 24.4 Å². The van der Waals surface area contributed by atoms with Crippen LogP contribution in [-0.2, 0) is 6.42 Å². The molecule has 0 amide bonds. The first-order valence-electron chi connectivity index (χ1n) is 8.15. The second-order valence-corrected chi connectivity index (χ2v) is 6.08. The summed E-state index contributed by atoms with van der Waals surface area (Å²) in [7, 11) is 0. The summed E-state index contributed by atoms with van der Waals surface area (Å²) in [6, 6.07) is 11.6. The summed E-state index contributed by atoms with van der Waals surface area (Å²) in [5.41, 5.74) is 7.60. The summed E-state index contributed by atoms with van der Waals surface area (Å²) >= 11 is 0. The van der Waals surface area contributed by atoms with E-state index in [1.165, 1.54) is 4.52 Å². The van der Waals surface area contributed by atoms with E-state index in [9.17, 15) is 13.2 Å². The summed E-state index contributed by atoms with van der Waals surface area (Å²) in [5, 5.41) is 4.42. The van der Waals surface area contributed by atoms with Crippen LogP contribution in [-0.4, -0.2) is 19.6 Å². The Morgan fingerprint density at radius 1 is 0.963 bits per heavy atom. The lowest BCUT2D eigenvalue weighted by Gasteiger charge is -2.10. The van der Waals surface area contributed by atoms with E-state index in [2.05, 4.69) is 15.1 Å². The minimum Gasteiger partial charge on any atom is -0.381 e. The summed E-state index contributed by atoms with van der Waals surface area (Å²) in [4.78, 5) is 8.54. The number of benzene rings is 2. The number of aryl methyl sites for hydroxylation is 1. The third kappa shape index (κ3) is 2.88. The van der Waals surface area contributed by atoms with Crippen molar-refractivity contribution in [2.24, 2.45) is 0 Å². The average Bonchev–Trinajstić information content (AvgIpc) is 3.09. The molecule has 8 heteroatoms. The molecule has 2 N–H and O–H groups in total. The quantitative estimate of drug-likeness (QED) is 0.559. The number of nitrogen functional groups attached to an aromatic ring is 1. The molecule has 0 bridgehead atoms. The van der Waals surface area contributed by atoms with Crippen LogP contribution in [0.25, 0.3) is 16.9 Å². The third-order valence-electron chi connectivity index (χ3n) is 4.27. The molecule has 0 unspecified atom stereocenters. The van der Waals surface area contributed by atoms with Crippen LogP contribution in [0.4, 0.5) is 19.0 Å². The van der Waals surface area contributed by atoms with E-state index >= 15 is 0 Å². The van der Waals surface area contributed by atoms with Crippen LogP contribution >= 0.6 is 0 Å². The third-order valence-corrected chi connectivity index (χ3v) is 4.27. The SMILES string of the molecule is Cc1c(-c2ccc(F)c(F)c2F)nc(N)c2nc(Cc3ccccc3)nn12. The summed E-state index contributed by atoms with van der Waals surface area (Å²) in [6.45, 7) is 1.64. The van der Waals surface area contributed by atoms with Gasteiger partial charge >= 0.3 is 0 Å². The predicted octanol–water partition coefficient (Wildman–Crippen LogP) is 3.69. The average molecular weight is 369 g/mol. The topological polar surface area (TPSA) is 69.1 Å². The maximum Gasteiger partial charge on any atom is 0.198 e. The van der Waals surface area contributed by atoms with Crippen molar-refractivity contribution in [2.75, 3.05) is 5.73 Å². The van der Waals surface area contributed by atoms with Crippen molar-refractivity contribution >= 4 is 11.5 Å². The van der Waals surface area contributed by atoms with Crippen LogP contribution in [0.2, 0.25) is 0 Å². The monoisotopic (exact) mass is 369 g/mol. The van der Waals surface area contributed by atoms with Crippen molar-refractivity contribution in [1.82, 2.24) is 19.6 Å². The van der Waals surface area contributed by atoms with E-state index in [0.717, 1.165) is 17.7 Å². The van der Waals surface area contributed by atoms with Gasteiger partial charge in [-0.05, 0) is 24.6 Å². The van der Waals surface area contributed by atoms with Gasteiger partial charge < -0.3 is 5.73 Å². The highest BCUT2D eigenvalue weighted by atomic mass is 19.2. The Bertz CT molecular complexity index is 1160. The molecule has 0 aliphatic heterocycles. The number of halogens is 3. The van der Waals surface area contributed by atoms with Crippen LogP contribution < -0.4 is 5.73 Å². The molecule has 0 fully saturated rings. The first-order chi connectivity index (χ1) is 13.0. The van der Waals surface area contributed by atoms with E-state index in [0.29, 0.717) is 23.6 Å². The fourth-order valence-corrected chi connectivity index (χ4v) is 2.92. The zero-order valence-corrected chi connectivity index (χ0v) is 14.2. The molecule has 0 atom stereocenters. The van der Waals surface area contributed by atoms with Gasteiger partial charge in [0.15, 0.2) is 34.7 Å². The van der Waals surface area contributed by atoms with E-state index in [4.69, 9.17) is 5.73 Å². The van der Waals surface area contributed by atoms with Gasteiger partial charge in [0, 0.05) is 12.0 Å². The Morgan fingerprint density at radius 3 is 2.44 bits per heavy atom. The van der Waals surface area contributed by atoms with Crippen LogP contribution in [0.5, 0.6) is 0 Å². The summed E-state index contributed by atoms with van der Waals surface area (Å²) in [6.07, 6.45) is 0.482. The second kappa shape index (κ2) is 6.39. The number of fused-ring (bicyclic) bond motifs is 1. The maximum absolute atomic E-state index is 14.2. The molecule has 4 aromatic rings. The normalized spacial score (nSPS) is 11.3. The highest BCUT2D eigenvalue weighted by Crippen LogP contribution is 2.29. The second-order valence-electron chi connectivity index (χ2n) is 6.08. The van der Waals surface area contributed by atoms with Gasteiger partial charge in [0.25, 0.3) is 0 Å². The molecule has 0 radical (unpaired) electrons. The lowest BCUT2D eigenvalue weighted by Crippen LogP contribution is -2.06. The lowest BCUT2D eigenvalue weighted by atomic mass is 10.1. The molecule has 0 spiro atoms. The van der Waals surface area contributed by atoms with Crippen molar-refractivity contribution in [3.05, 3.63) is 77.0 Å². The van der Waals surface area contributed by atoms with Crippen molar-refractivity contribution in [1.29, 1.82) is 0 Å². The van der Waals surface area contributed by atoms with E-state index in [-0.39, 0.29) is 17.1 Å². The molecule has 0 aliphatic carbocycles. The zero-order chi connectivity index (χ0) is 19.1. The number of rotatable bonds is 3. The van der Waals surface area contributed by atoms with Gasteiger partial charge in [-0.2, -0.15) is 5.10 Å². The van der Waals surface area contributed by atoms with Crippen LogP contribution in [0.15, 0.2) is 42.5 Å². The van der Waals surface area contributed by atoms with Gasteiger partial charge in [0.1, 0.15) is 0 Å². The molecule has 5 nitrogen and oxygen atoms in total. The molecule has 4 rings (SSSR count). The molecule has 0 aliphatic rings. The van der Waals surface area contributed by atoms with Gasteiger partial charge in [-0.15, -0.1) is 0 Å². The zero-order valence-electron chi connectivity index (χ0n) is 14.2. The highest BCUT2D eigenvalue weighted by Gasteiger charge is 2.21. The van der Waals surface area contributed by atoms with Crippen LogP contribution in [0.3, 0.4) is 0 Å². The van der Waals surface area contributed by atoms with Crippen molar-refractivity contribution in [3.63, 3.8) is 0 Å². The van der Waals surface area contributed by atoms with Gasteiger partial charge in [-0.25, -0.2) is 27.7 Å². The largest absolute Gasteiger partial charge is 0.381 e. The first kappa shape index (κ1) is 17.0.